The molecule has 0 radical (unpaired) electrons. The zero-order valence-corrected chi connectivity index (χ0v) is 12.1. The maximum Gasteiger partial charge on any atom is 0.508 e. The van der Waals surface area contributed by atoms with Crippen molar-refractivity contribution >= 4 is 24.3 Å². The molecule has 0 aromatic heterocycles. The van der Waals surface area contributed by atoms with Crippen LogP contribution in [0.4, 0.5) is 4.79 Å². The van der Waals surface area contributed by atoms with E-state index in [0.29, 0.717) is 19.5 Å². The minimum atomic E-state index is -0.806. The van der Waals surface area contributed by atoms with Crippen LogP contribution in [-0.2, 0) is 20.8 Å². The Bertz CT molecular complexity index is 452. The number of nitrogens with zero attached hydrogens (tertiary/aromatic N) is 1. The van der Waals surface area contributed by atoms with Crippen LogP contribution in [0.15, 0.2) is 30.3 Å². The molecule has 1 atom stereocenters. The molecule has 6 heteroatoms. The summed E-state index contributed by atoms with van der Waals surface area (Å²) in [4.78, 5) is 24.9. The highest BCUT2D eigenvalue weighted by molar-refractivity contribution is 5.86. The van der Waals surface area contributed by atoms with Gasteiger partial charge in [0.05, 0.1) is 7.11 Å². The molecule has 0 aliphatic carbocycles. The number of methoxy groups -OCH3 is 1. The van der Waals surface area contributed by atoms with E-state index in [1.165, 1.54) is 12.7 Å². The van der Waals surface area contributed by atoms with E-state index in [-0.39, 0.29) is 18.2 Å². The molecule has 1 aliphatic heterocycles. The van der Waals surface area contributed by atoms with Gasteiger partial charge in [-0.1, -0.05) is 30.3 Å². The number of likely N-dealkylation sites (tertiary alicyclic amines) is 1. The molecule has 1 aromatic rings. The first kappa shape index (κ1) is 16.5. The van der Waals surface area contributed by atoms with E-state index in [2.05, 4.69) is 9.64 Å². The van der Waals surface area contributed by atoms with Crippen molar-refractivity contribution in [3.63, 3.8) is 0 Å². The lowest BCUT2D eigenvalue weighted by atomic mass is 10.1. The van der Waals surface area contributed by atoms with Gasteiger partial charge in [-0.3, -0.25) is 9.69 Å². The normalized spacial score (nSPS) is 19.1. The number of carbonyl (C=O) groups is 2. The minimum Gasteiger partial charge on any atom is -0.438 e. The maximum absolute atomic E-state index is 11.7. The summed E-state index contributed by atoms with van der Waals surface area (Å²) >= 11 is 0. The Hall–Kier alpha value is -1.59. The fraction of sp³-hybridized carbons (Fsp3) is 0.429. The van der Waals surface area contributed by atoms with Gasteiger partial charge in [-0.15, -0.1) is 12.4 Å². The molecule has 1 aliphatic rings. The average molecular weight is 300 g/mol. The highest BCUT2D eigenvalue weighted by Crippen LogP contribution is 2.14. The van der Waals surface area contributed by atoms with Gasteiger partial charge >= 0.3 is 6.16 Å². The van der Waals surface area contributed by atoms with E-state index < -0.39 is 12.3 Å². The second kappa shape index (κ2) is 7.87. The van der Waals surface area contributed by atoms with Crippen molar-refractivity contribution in [2.24, 2.45) is 0 Å². The molecule has 0 N–H and O–H groups in total. The van der Waals surface area contributed by atoms with Gasteiger partial charge in [0.25, 0.3) is 0 Å². The van der Waals surface area contributed by atoms with Gasteiger partial charge in [0.2, 0.25) is 0 Å². The number of ether oxygens (including phenoxy) is 2. The molecule has 0 amide bonds. The van der Waals surface area contributed by atoms with Crippen LogP contribution in [0.5, 0.6) is 0 Å². The van der Waals surface area contributed by atoms with Gasteiger partial charge in [-0.25, -0.2) is 4.79 Å². The molecule has 20 heavy (non-hydrogen) atoms. The third-order valence-corrected chi connectivity index (χ3v) is 3.11. The van der Waals surface area contributed by atoms with Crippen molar-refractivity contribution in [1.82, 2.24) is 4.90 Å². The van der Waals surface area contributed by atoms with Crippen LogP contribution in [0.1, 0.15) is 12.0 Å². The van der Waals surface area contributed by atoms with Crippen molar-refractivity contribution in [2.75, 3.05) is 20.2 Å². The Kier molecular flexibility index (Phi) is 6.48. The zero-order chi connectivity index (χ0) is 13.7. The SMILES string of the molecule is COC(=O)OC1CN(Cc2ccccc2)CCC1=O.Cl. The molecule has 1 unspecified atom stereocenters. The first-order valence-corrected chi connectivity index (χ1v) is 6.22. The van der Waals surface area contributed by atoms with Crippen molar-refractivity contribution in [3.8, 4) is 0 Å². The lowest BCUT2D eigenvalue weighted by molar-refractivity contribution is -0.133. The summed E-state index contributed by atoms with van der Waals surface area (Å²) in [6.07, 6.45) is -1.13. The molecule has 0 bridgehead atoms. The largest absolute Gasteiger partial charge is 0.508 e. The van der Waals surface area contributed by atoms with E-state index >= 15 is 0 Å². The highest BCUT2D eigenvalue weighted by atomic mass is 35.5. The van der Waals surface area contributed by atoms with Crippen LogP contribution in [0, 0.1) is 0 Å². The Morgan fingerprint density at radius 1 is 1.35 bits per heavy atom. The standard InChI is InChI=1S/C14H17NO4.ClH/c1-18-14(17)19-13-10-15(8-7-12(13)16)9-11-5-3-2-4-6-11;/h2-6,13H,7-10H2,1H3;1H. The number of piperidine rings is 1. The molecule has 5 nitrogen and oxygen atoms in total. The lowest BCUT2D eigenvalue weighted by Crippen LogP contribution is -2.46. The molecular weight excluding hydrogens is 282 g/mol. The molecule has 1 aromatic carbocycles. The minimum absolute atomic E-state index is 0. The first-order valence-electron chi connectivity index (χ1n) is 6.22. The topological polar surface area (TPSA) is 55.8 Å². The molecule has 110 valence electrons. The molecular formula is C14H18ClNO4. The predicted octanol–water partition coefficient (Wildman–Crippen LogP) is 2.03. The smallest absolute Gasteiger partial charge is 0.438 e. The van der Waals surface area contributed by atoms with Gasteiger partial charge < -0.3 is 9.47 Å². The second-order valence-electron chi connectivity index (χ2n) is 4.50. The van der Waals surface area contributed by atoms with Crippen molar-refractivity contribution in [3.05, 3.63) is 35.9 Å². The maximum atomic E-state index is 11.7. The fourth-order valence-electron chi connectivity index (χ4n) is 2.11. The number of benzene rings is 1. The number of Topliss-reactive ketones (excluding diaryl/α,β-unsaturated/α-hetero) is 1. The average Bonchev–Trinajstić information content (AvgIpc) is 2.43. The van der Waals surface area contributed by atoms with Crippen LogP contribution in [0.2, 0.25) is 0 Å². The quantitative estimate of drug-likeness (QED) is 0.799. The summed E-state index contributed by atoms with van der Waals surface area (Å²) in [6.45, 7) is 1.85. The first-order chi connectivity index (χ1) is 9.19. The molecule has 1 heterocycles. The van der Waals surface area contributed by atoms with Crippen molar-refractivity contribution in [2.45, 2.75) is 19.1 Å². The van der Waals surface area contributed by atoms with Gasteiger partial charge in [-0.2, -0.15) is 0 Å². The van der Waals surface area contributed by atoms with Crippen LogP contribution in [0.25, 0.3) is 0 Å². The molecule has 1 saturated heterocycles. The number of hydrogen-bond donors (Lipinski definition) is 0. The summed E-state index contributed by atoms with van der Waals surface area (Å²) < 4.78 is 9.39. The fourth-order valence-corrected chi connectivity index (χ4v) is 2.11. The number of rotatable bonds is 3. The lowest BCUT2D eigenvalue weighted by Gasteiger charge is -2.30. The van der Waals surface area contributed by atoms with Gasteiger partial charge in [0.15, 0.2) is 11.9 Å². The number of carbonyl (C=O) groups excluding carboxylic acids is 2. The Labute approximate surface area is 124 Å². The molecule has 1 fully saturated rings. The monoisotopic (exact) mass is 299 g/mol. The predicted molar refractivity (Wildman–Crippen MR) is 75.9 cm³/mol. The molecule has 2 rings (SSSR count). The highest BCUT2D eigenvalue weighted by Gasteiger charge is 2.30. The number of ketones is 1. The summed E-state index contributed by atoms with van der Waals surface area (Å²) in [5, 5.41) is 0. The van der Waals surface area contributed by atoms with Gasteiger partial charge in [-0.05, 0) is 5.56 Å². The number of halogens is 1. The summed E-state index contributed by atoms with van der Waals surface area (Å²) in [5.74, 6) is -0.0466. The molecule has 0 saturated carbocycles. The van der Waals surface area contributed by atoms with Crippen molar-refractivity contribution in [1.29, 1.82) is 0 Å². The van der Waals surface area contributed by atoms with Gasteiger partial charge in [0, 0.05) is 26.1 Å². The van der Waals surface area contributed by atoms with Crippen LogP contribution >= 0.6 is 12.4 Å². The Morgan fingerprint density at radius 2 is 2.05 bits per heavy atom. The third-order valence-electron chi connectivity index (χ3n) is 3.11. The van der Waals surface area contributed by atoms with Crippen LogP contribution in [0.3, 0.4) is 0 Å². The van der Waals surface area contributed by atoms with Crippen LogP contribution in [-0.4, -0.2) is 43.1 Å². The molecule has 0 spiro atoms. The number of hydrogen-bond acceptors (Lipinski definition) is 5. The van der Waals surface area contributed by atoms with E-state index in [4.69, 9.17) is 4.74 Å². The van der Waals surface area contributed by atoms with Crippen molar-refractivity contribution < 1.29 is 19.1 Å². The summed E-state index contributed by atoms with van der Waals surface area (Å²) in [6, 6.07) is 9.99. The third kappa shape index (κ3) is 4.51. The van der Waals surface area contributed by atoms with Gasteiger partial charge in [0.1, 0.15) is 0 Å². The zero-order valence-electron chi connectivity index (χ0n) is 11.3. The van der Waals surface area contributed by atoms with E-state index in [9.17, 15) is 9.59 Å². The Balaban J connectivity index is 0.00000200. The van der Waals surface area contributed by atoms with E-state index in [1.54, 1.807) is 0 Å². The second-order valence-corrected chi connectivity index (χ2v) is 4.50. The van der Waals surface area contributed by atoms with Crippen LogP contribution < -0.4 is 0 Å². The van der Waals surface area contributed by atoms with E-state index in [1.807, 2.05) is 30.3 Å². The Morgan fingerprint density at radius 3 is 2.70 bits per heavy atom. The summed E-state index contributed by atoms with van der Waals surface area (Å²) in [5.41, 5.74) is 1.17. The summed E-state index contributed by atoms with van der Waals surface area (Å²) in [7, 11) is 1.23. The van der Waals surface area contributed by atoms with E-state index in [0.717, 1.165) is 6.54 Å².